The third kappa shape index (κ3) is 6.25. The predicted molar refractivity (Wildman–Crippen MR) is 131 cm³/mol. The highest BCUT2D eigenvalue weighted by Crippen LogP contribution is 2.22. The number of nitrogens with one attached hydrogen (secondary N) is 1. The van der Waals surface area contributed by atoms with Gasteiger partial charge in [-0.15, -0.1) is 0 Å². The van der Waals surface area contributed by atoms with Gasteiger partial charge in [-0.25, -0.2) is 4.98 Å². The van der Waals surface area contributed by atoms with Gasteiger partial charge in [0.25, 0.3) is 0 Å². The van der Waals surface area contributed by atoms with E-state index in [0.717, 1.165) is 16.6 Å². The van der Waals surface area contributed by atoms with Crippen molar-refractivity contribution in [2.24, 2.45) is 0 Å². The average molecular weight is 443 g/mol. The number of anilines is 2. The first-order valence-corrected chi connectivity index (χ1v) is 11.4. The van der Waals surface area contributed by atoms with Crippen LogP contribution in [-0.2, 0) is 17.8 Å². The first kappa shape index (κ1) is 21.7. The monoisotopic (exact) mass is 442 g/mol. The summed E-state index contributed by atoms with van der Waals surface area (Å²) in [6, 6.07) is 28.3. The van der Waals surface area contributed by atoms with Crippen molar-refractivity contribution in [2.45, 2.75) is 26.3 Å². The van der Waals surface area contributed by atoms with Crippen molar-refractivity contribution in [3.8, 4) is 0 Å². The van der Waals surface area contributed by atoms with Crippen LogP contribution in [0.4, 0.5) is 10.8 Å². The predicted octanol–water partition coefficient (Wildman–Crippen LogP) is 5.47. The maximum absolute atomic E-state index is 12.6. The molecule has 1 heterocycles. The minimum atomic E-state index is -0.0130. The molecule has 0 saturated heterocycles. The van der Waals surface area contributed by atoms with Crippen molar-refractivity contribution in [1.29, 1.82) is 0 Å². The van der Waals surface area contributed by atoms with Crippen molar-refractivity contribution in [3.05, 3.63) is 107 Å². The Labute approximate surface area is 192 Å². The quantitative estimate of drug-likeness (QED) is 0.373. The fourth-order valence-corrected chi connectivity index (χ4v) is 4.08. The molecule has 1 N–H and O–H groups in total. The first-order valence-electron chi connectivity index (χ1n) is 10.7. The summed E-state index contributed by atoms with van der Waals surface area (Å²) in [6.45, 7) is 3.27. The van der Waals surface area contributed by atoms with Crippen molar-refractivity contribution in [2.75, 3.05) is 16.8 Å². The van der Waals surface area contributed by atoms with Crippen molar-refractivity contribution in [3.63, 3.8) is 0 Å². The Kier molecular flexibility index (Phi) is 7.25. The molecule has 1 aromatic heterocycles. The lowest BCUT2D eigenvalue weighted by Crippen LogP contribution is -2.27. The van der Waals surface area contributed by atoms with Crippen LogP contribution >= 0.6 is 11.5 Å². The number of carbonyl (C=O) groups is 1. The van der Waals surface area contributed by atoms with Crippen LogP contribution in [0.15, 0.2) is 84.9 Å². The van der Waals surface area contributed by atoms with Crippen molar-refractivity contribution >= 4 is 28.3 Å². The average Bonchev–Trinajstić information content (AvgIpc) is 3.28. The Hall–Kier alpha value is -3.51. The smallest absolute Gasteiger partial charge is 0.226 e. The molecule has 0 atom stereocenters. The molecule has 0 radical (unpaired) electrons. The van der Waals surface area contributed by atoms with Gasteiger partial charge < -0.3 is 10.2 Å². The molecule has 0 spiro atoms. The van der Waals surface area contributed by atoms with E-state index in [1.54, 1.807) is 0 Å². The lowest BCUT2D eigenvalue weighted by Gasteiger charge is -2.21. The van der Waals surface area contributed by atoms with Gasteiger partial charge in [0.05, 0.1) is 0 Å². The van der Waals surface area contributed by atoms with E-state index >= 15 is 0 Å². The Balaban J connectivity index is 1.44. The maximum Gasteiger partial charge on any atom is 0.226 e. The molecule has 0 aliphatic heterocycles. The highest BCUT2D eigenvalue weighted by atomic mass is 32.1. The third-order valence-electron chi connectivity index (χ3n) is 5.09. The van der Waals surface area contributed by atoms with Crippen LogP contribution in [-0.4, -0.2) is 21.8 Å². The molecule has 0 saturated carbocycles. The number of aromatic nitrogens is 2. The second-order valence-corrected chi connectivity index (χ2v) is 8.46. The van der Waals surface area contributed by atoms with Gasteiger partial charge in [0.15, 0.2) is 0 Å². The molecular formula is C26H26N4OS. The summed E-state index contributed by atoms with van der Waals surface area (Å²) in [7, 11) is 0. The number of benzene rings is 3. The van der Waals surface area contributed by atoms with Gasteiger partial charge in [0, 0.05) is 43.2 Å². The number of rotatable bonds is 9. The molecule has 0 aliphatic carbocycles. The zero-order valence-corrected chi connectivity index (χ0v) is 18.9. The Morgan fingerprint density at radius 3 is 2.25 bits per heavy atom. The third-order valence-corrected chi connectivity index (χ3v) is 5.91. The summed E-state index contributed by atoms with van der Waals surface area (Å²) in [4.78, 5) is 19.5. The summed E-state index contributed by atoms with van der Waals surface area (Å²) in [6.07, 6.45) is 1.07. The van der Waals surface area contributed by atoms with Crippen LogP contribution in [0.1, 0.15) is 28.9 Å². The minimum absolute atomic E-state index is 0.0130. The fourth-order valence-electron chi connectivity index (χ4n) is 3.37. The number of amides is 1. The normalized spacial score (nSPS) is 10.7. The van der Waals surface area contributed by atoms with Gasteiger partial charge in [0.2, 0.25) is 11.0 Å². The topological polar surface area (TPSA) is 58.1 Å². The molecule has 5 nitrogen and oxygen atoms in total. The van der Waals surface area contributed by atoms with E-state index in [4.69, 9.17) is 4.98 Å². The number of carbonyl (C=O) groups excluding carboxylic acids is 1. The zero-order chi connectivity index (χ0) is 22.2. The van der Waals surface area contributed by atoms with Crippen LogP contribution in [0.25, 0.3) is 0 Å². The lowest BCUT2D eigenvalue weighted by molar-refractivity contribution is -0.116. The molecule has 4 aromatic rings. The van der Waals surface area contributed by atoms with E-state index in [2.05, 4.69) is 38.9 Å². The molecule has 4 rings (SSSR count). The molecule has 1 amide bonds. The van der Waals surface area contributed by atoms with Crippen LogP contribution in [0.2, 0.25) is 0 Å². The molecule has 3 aromatic carbocycles. The van der Waals surface area contributed by atoms with Gasteiger partial charge in [-0.3, -0.25) is 4.79 Å². The molecule has 0 fully saturated rings. The van der Waals surface area contributed by atoms with Gasteiger partial charge in [-0.2, -0.15) is 4.37 Å². The van der Waals surface area contributed by atoms with Gasteiger partial charge in [0.1, 0.15) is 5.82 Å². The zero-order valence-electron chi connectivity index (χ0n) is 18.1. The number of aryl methyl sites for hydroxylation is 1. The maximum atomic E-state index is 12.6. The first-order chi connectivity index (χ1) is 15.7. The van der Waals surface area contributed by atoms with E-state index in [1.807, 2.05) is 67.6 Å². The van der Waals surface area contributed by atoms with Crippen LogP contribution < -0.4 is 10.2 Å². The summed E-state index contributed by atoms with van der Waals surface area (Å²) >= 11 is 1.39. The number of nitrogens with zero attached hydrogens (tertiary/aromatic N) is 3. The SMILES string of the molecule is Cc1ccc(NC(=O)CCN(Cc2ccccc2)c2nc(Cc3ccccc3)ns2)cc1. The summed E-state index contributed by atoms with van der Waals surface area (Å²) in [5.74, 6) is 0.791. The van der Waals surface area contributed by atoms with E-state index in [0.29, 0.717) is 25.9 Å². The fraction of sp³-hybridized carbons (Fsp3) is 0.192. The van der Waals surface area contributed by atoms with Crippen LogP contribution in [0, 0.1) is 6.92 Å². The largest absolute Gasteiger partial charge is 0.342 e. The van der Waals surface area contributed by atoms with Crippen LogP contribution in [0.3, 0.4) is 0 Å². The van der Waals surface area contributed by atoms with Gasteiger partial charge >= 0.3 is 0 Å². The highest BCUT2D eigenvalue weighted by molar-refractivity contribution is 7.09. The summed E-state index contributed by atoms with van der Waals surface area (Å²) in [5.41, 5.74) is 4.34. The lowest BCUT2D eigenvalue weighted by atomic mass is 10.1. The van der Waals surface area contributed by atoms with E-state index in [-0.39, 0.29) is 5.91 Å². The van der Waals surface area contributed by atoms with E-state index in [1.165, 1.54) is 28.2 Å². The van der Waals surface area contributed by atoms with E-state index in [9.17, 15) is 4.79 Å². The van der Waals surface area contributed by atoms with E-state index < -0.39 is 0 Å². The molecule has 0 aliphatic rings. The molecule has 162 valence electrons. The second kappa shape index (κ2) is 10.7. The molecule has 6 heteroatoms. The minimum Gasteiger partial charge on any atom is -0.342 e. The molecule has 0 bridgehead atoms. The number of hydrogen-bond donors (Lipinski definition) is 1. The second-order valence-electron chi connectivity index (χ2n) is 7.73. The molecule has 0 unspecified atom stereocenters. The molecule has 32 heavy (non-hydrogen) atoms. The summed E-state index contributed by atoms with van der Waals surface area (Å²) in [5, 5.41) is 3.82. The number of hydrogen-bond acceptors (Lipinski definition) is 5. The van der Waals surface area contributed by atoms with Crippen molar-refractivity contribution in [1.82, 2.24) is 9.36 Å². The van der Waals surface area contributed by atoms with Crippen LogP contribution in [0.5, 0.6) is 0 Å². The van der Waals surface area contributed by atoms with Crippen molar-refractivity contribution < 1.29 is 4.79 Å². The highest BCUT2D eigenvalue weighted by Gasteiger charge is 2.15. The summed E-state index contributed by atoms with van der Waals surface area (Å²) < 4.78 is 4.57. The Bertz CT molecular complexity index is 1130. The molecular weight excluding hydrogens is 416 g/mol. The van der Waals surface area contributed by atoms with Gasteiger partial charge in [-0.05, 0) is 30.2 Å². The Morgan fingerprint density at radius 1 is 0.906 bits per heavy atom. The van der Waals surface area contributed by atoms with Gasteiger partial charge in [-0.1, -0.05) is 78.4 Å². The Morgan fingerprint density at radius 2 is 1.56 bits per heavy atom. The standard InChI is InChI=1S/C26H26N4OS/c1-20-12-14-23(15-13-20)27-25(31)16-17-30(19-22-10-6-3-7-11-22)26-28-24(29-32-26)18-21-8-4-2-5-9-21/h2-15H,16-19H2,1H3,(H,27,31).